The van der Waals surface area contributed by atoms with Gasteiger partial charge in [-0.2, -0.15) is 0 Å². The Morgan fingerprint density at radius 3 is 2.80 bits per heavy atom. The first kappa shape index (κ1) is 9.60. The molecular weight excluding hydrogens is 190 g/mol. The van der Waals surface area contributed by atoms with Crippen LogP contribution in [0.25, 0.3) is 0 Å². The lowest BCUT2D eigenvalue weighted by Crippen LogP contribution is -2.50. The molecule has 1 aliphatic carbocycles. The van der Waals surface area contributed by atoms with Crippen LogP contribution in [0.4, 0.5) is 0 Å². The molecule has 0 aromatic carbocycles. The first-order valence-electron chi connectivity index (χ1n) is 6.10. The van der Waals surface area contributed by atoms with Crippen LogP contribution < -0.4 is 10.7 Å². The number of carbonyl (C=O) groups excluding carboxylic acids is 1. The molecule has 15 heavy (non-hydrogen) atoms. The SMILES string of the molecule is O=C1CC2(CCCC2)NN1C1CCNC1. The Balaban J connectivity index is 1.72. The van der Waals surface area contributed by atoms with Crippen LogP contribution in [0.1, 0.15) is 38.5 Å². The number of nitrogens with zero attached hydrogens (tertiary/aromatic N) is 1. The quantitative estimate of drug-likeness (QED) is 0.657. The van der Waals surface area contributed by atoms with Crippen molar-refractivity contribution in [2.24, 2.45) is 0 Å². The van der Waals surface area contributed by atoms with Gasteiger partial charge in [-0.3, -0.25) is 9.80 Å². The average molecular weight is 209 g/mol. The van der Waals surface area contributed by atoms with Gasteiger partial charge in [-0.15, -0.1) is 0 Å². The molecule has 0 aromatic heterocycles. The van der Waals surface area contributed by atoms with Crippen LogP contribution in [0, 0.1) is 0 Å². The average Bonchev–Trinajstić information content (AvgIpc) is 2.90. The second-order valence-corrected chi connectivity index (χ2v) is 5.19. The fraction of sp³-hybridized carbons (Fsp3) is 0.909. The topological polar surface area (TPSA) is 44.4 Å². The molecule has 2 heterocycles. The molecule has 4 heteroatoms. The molecule has 2 N–H and O–H groups in total. The summed E-state index contributed by atoms with van der Waals surface area (Å²) < 4.78 is 0. The molecular formula is C11H19N3O. The molecule has 1 unspecified atom stereocenters. The van der Waals surface area contributed by atoms with Gasteiger partial charge in [0.25, 0.3) is 0 Å². The van der Waals surface area contributed by atoms with E-state index in [0.717, 1.165) is 25.9 Å². The number of hydrogen-bond donors (Lipinski definition) is 2. The van der Waals surface area contributed by atoms with Crippen LogP contribution in [-0.4, -0.2) is 35.6 Å². The molecule has 1 atom stereocenters. The van der Waals surface area contributed by atoms with Crippen molar-refractivity contribution in [2.75, 3.05) is 13.1 Å². The largest absolute Gasteiger partial charge is 0.315 e. The Morgan fingerprint density at radius 2 is 2.13 bits per heavy atom. The minimum absolute atomic E-state index is 0.139. The normalized spacial score (nSPS) is 34.5. The van der Waals surface area contributed by atoms with Crippen molar-refractivity contribution in [2.45, 2.75) is 50.1 Å². The van der Waals surface area contributed by atoms with Gasteiger partial charge in [-0.1, -0.05) is 12.8 Å². The number of amides is 1. The third kappa shape index (κ3) is 1.56. The molecule has 1 amide bonds. The molecule has 0 radical (unpaired) electrons. The van der Waals surface area contributed by atoms with Crippen molar-refractivity contribution >= 4 is 5.91 Å². The molecule has 1 saturated carbocycles. The lowest BCUT2D eigenvalue weighted by Gasteiger charge is -2.28. The van der Waals surface area contributed by atoms with Crippen molar-refractivity contribution in [1.29, 1.82) is 0 Å². The van der Waals surface area contributed by atoms with Gasteiger partial charge in [-0.25, -0.2) is 5.43 Å². The van der Waals surface area contributed by atoms with Gasteiger partial charge < -0.3 is 5.32 Å². The fourth-order valence-corrected chi connectivity index (χ4v) is 3.23. The highest BCUT2D eigenvalue weighted by atomic mass is 16.2. The predicted octanol–water partition coefficient (Wildman–Crippen LogP) is 0.398. The summed E-state index contributed by atoms with van der Waals surface area (Å²) in [6.07, 6.45) is 6.72. The third-order valence-electron chi connectivity index (χ3n) is 4.08. The van der Waals surface area contributed by atoms with Crippen LogP contribution >= 0.6 is 0 Å². The van der Waals surface area contributed by atoms with Gasteiger partial charge in [0.1, 0.15) is 0 Å². The van der Waals surface area contributed by atoms with E-state index in [2.05, 4.69) is 10.7 Å². The van der Waals surface area contributed by atoms with E-state index in [9.17, 15) is 4.79 Å². The smallest absolute Gasteiger partial charge is 0.238 e. The second kappa shape index (κ2) is 3.46. The zero-order chi connectivity index (χ0) is 10.3. The van der Waals surface area contributed by atoms with Crippen molar-refractivity contribution in [3.05, 3.63) is 0 Å². The van der Waals surface area contributed by atoms with Crippen LogP contribution in [0.15, 0.2) is 0 Å². The number of nitrogens with one attached hydrogen (secondary N) is 2. The van der Waals surface area contributed by atoms with Crippen molar-refractivity contribution in [1.82, 2.24) is 15.8 Å². The number of rotatable bonds is 1. The van der Waals surface area contributed by atoms with Crippen molar-refractivity contribution in [3.63, 3.8) is 0 Å². The minimum atomic E-state index is 0.139. The Bertz CT molecular complexity index is 267. The summed E-state index contributed by atoms with van der Waals surface area (Å²) >= 11 is 0. The molecule has 0 bridgehead atoms. The second-order valence-electron chi connectivity index (χ2n) is 5.19. The molecule has 2 saturated heterocycles. The van der Waals surface area contributed by atoms with E-state index in [1.54, 1.807) is 0 Å². The summed E-state index contributed by atoms with van der Waals surface area (Å²) in [5.74, 6) is 0.311. The zero-order valence-corrected chi connectivity index (χ0v) is 9.09. The van der Waals surface area contributed by atoms with Crippen LogP contribution in [0.3, 0.4) is 0 Å². The first-order valence-corrected chi connectivity index (χ1v) is 6.10. The highest BCUT2D eigenvalue weighted by molar-refractivity contribution is 5.79. The summed E-state index contributed by atoms with van der Waals surface area (Å²) in [7, 11) is 0. The van der Waals surface area contributed by atoms with Crippen LogP contribution in [-0.2, 0) is 4.79 Å². The number of hydrogen-bond acceptors (Lipinski definition) is 3. The van der Waals surface area contributed by atoms with Gasteiger partial charge in [0.2, 0.25) is 5.91 Å². The van der Waals surface area contributed by atoms with Gasteiger partial charge in [0.15, 0.2) is 0 Å². The summed E-state index contributed by atoms with van der Waals surface area (Å²) in [6, 6.07) is 0.387. The lowest BCUT2D eigenvalue weighted by atomic mass is 9.96. The Labute approximate surface area is 90.4 Å². The van der Waals surface area contributed by atoms with Gasteiger partial charge in [-0.05, 0) is 25.8 Å². The first-order chi connectivity index (χ1) is 7.29. The zero-order valence-electron chi connectivity index (χ0n) is 9.09. The maximum atomic E-state index is 12.0. The number of carbonyl (C=O) groups is 1. The Kier molecular flexibility index (Phi) is 2.21. The van der Waals surface area contributed by atoms with E-state index in [1.807, 2.05) is 5.01 Å². The van der Waals surface area contributed by atoms with Gasteiger partial charge >= 0.3 is 0 Å². The Morgan fingerprint density at radius 1 is 1.33 bits per heavy atom. The summed E-state index contributed by atoms with van der Waals surface area (Å²) in [6.45, 7) is 2.00. The lowest BCUT2D eigenvalue weighted by molar-refractivity contribution is -0.131. The van der Waals surface area contributed by atoms with Gasteiger partial charge in [0.05, 0.1) is 6.04 Å². The molecule has 3 aliphatic rings. The van der Waals surface area contributed by atoms with Gasteiger partial charge in [0, 0.05) is 18.5 Å². The van der Waals surface area contributed by atoms with E-state index in [4.69, 9.17) is 0 Å². The Hall–Kier alpha value is -0.610. The van der Waals surface area contributed by atoms with E-state index < -0.39 is 0 Å². The monoisotopic (exact) mass is 209 g/mol. The summed E-state index contributed by atoms with van der Waals surface area (Å²) in [5, 5.41) is 5.24. The predicted molar refractivity (Wildman–Crippen MR) is 57.1 cm³/mol. The molecule has 4 nitrogen and oxygen atoms in total. The maximum absolute atomic E-state index is 12.0. The molecule has 1 spiro atoms. The summed E-state index contributed by atoms with van der Waals surface area (Å²) in [4.78, 5) is 12.0. The van der Waals surface area contributed by atoms with E-state index in [0.29, 0.717) is 11.9 Å². The highest BCUT2D eigenvalue weighted by Crippen LogP contribution is 2.37. The van der Waals surface area contributed by atoms with Crippen LogP contribution in [0.2, 0.25) is 0 Å². The molecule has 3 fully saturated rings. The maximum Gasteiger partial charge on any atom is 0.238 e. The van der Waals surface area contributed by atoms with E-state index in [-0.39, 0.29) is 5.54 Å². The number of hydrazine groups is 1. The van der Waals surface area contributed by atoms with Crippen LogP contribution in [0.5, 0.6) is 0 Å². The fourth-order valence-electron chi connectivity index (χ4n) is 3.23. The van der Waals surface area contributed by atoms with E-state index >= 15 is 0 Å². The third-order valence-corrected chi connectivity index (χ3v) is 4.08. The molecule has 3 rings (SSSR count). The molecule has 2 aliphatic heterocycles. The standard InChI is InChI=1S/C11H19N3O/c15-10-7-11(4-1-2-5-11)13-14(10)9-3-6-12-8-9/h9,12-13H,1-8H2. The molecule has 0 aromatic rings. The minimum Gasteiger partial charge on any atom is -0.315 e. The highest BCUT2D eigenvalue weighted by Gasteiger charge is 2.46. The van der Waals surface area contributed by atoms with E-state index in [1.165, 1.54) is 25.7 Å². The summed E-state index contributed by atoms with van der Waals surface area (Å²) in [5.41, 5.74) is 3.64. The molecule has 84 valence electrons. The van der Waals surface area contributed by atoms with Crippen molar-refractivity contribution in [3.8, 4) is 0 Å². The van der Waals surface area contributed by atoms with Crippen molar-refractivity contribution < 1.29 is 4.79 Å².